The third-order valence-corrected chi connectivity index (χ3v) is 3.06. The molecular weight excluding hydrogens is 290 g/mol. The first-order chi connectivity index (χ1) is 8.69. The van der Waals surface area contributed by atoms with E-state index < -0.39 is 0 Å². The van der Waals surface area contributed by atoms with E-state index in [2.05, 4.69) is 39.2 Å². The molecule has 0 amide bonds. The molecule has 1 heterocycles. The van der Waals surface area contributed by atoms with Crippen molar-refractivity contribution in [3.63, 3.8) is 0 Å². The molecule has 0 bridgehead atoms. The molecule has 4 heteroatoms. The normalized spacial score (nSPS) is 11.6. The fourth-order valence-electron chi connectivity index (χ4n) is 1.64. The van der Waals surface area contributed by atoms with Crippen LogP contribution >= 0.6 is 15.9 Å². The maximum absolute atomic E-state index is 8.75. The Labute approximate surface area is 115 Å². The second-order valence-electron chi connectivity index (χ2n) is 3.95. The molecule has 0 fully saturated rings. The molecule has 0 aliphatic rings. The summed E-state index contributed by atoms with van der Waals surface area (Å²) in [5.74, 6) is 0.821. The van der Waals surface area contributed by atoms with Gasteiger partial charge < -0.3 is 5.32 Å². The highest BCUT2D eigenvalue weighted by molar-refractivity contribution is 9.10. The number of nitrogens with zero attached hydrogens (tertiary/aromatic N) is 2. The van der Waals surface area contributed by atoms with Gasteiger partial charge in [0.15, 0.2) is 0 Å². The average molecular weight is 302 g/mol. The van der Waals surface area contributed by atoms with E-state index in [0.29, 0.717) is 5.56 Å². The summed E-state index contributed by atoms with van der Waals surface area (Å²) in [6, 6.07) is 15.5. The summed E-state index contributed by atoms with van der Waals surface area (Å²) in [7, 11) is 0. The zero-order valence-corrected chi connectivity index (χ0v) is 11.5. The van der Waals surface area contributed by atoms with Gasteiger partial charge in [-0.1, -0.05) is 18.2 Å². The monoisotopic (exact) mass is 301 g/mol. The predicted molar refractivity (Wildman–Crippen MR) is 75.1 cm³/mol. The van der Waals surface area contributed by atoms with Gasteiger partial charge in [0.05, 0.1) is 11.6 Å². The van der Waals surface area contributed by atoms with Crippen LogP contribution in [-0.4, -0.2) is 4.98 Å². The molecule has 1 unspecified atom stereocenters. The molecule has 0 aliphatic carbocycles. The summed E-state index contributed by atoms with van der Waals surface area (Å²) in [5.41, 5.74) is 1.79. The summed E-state index contributed by atoms with van der Waals surface area (Å²) in [5, 5.41) is 12.1. The lowest BCUT2D eigenvalue weighted by atomic mass is 10.1. The van der Waals surface area contributed by atoms with Crippen LogP contribution < -0.4 is 5.32 Å². The van der Waals surface area contributed by atoms with Gasteiger partial charge >= 0.3 is 0 Å². The standard InChI is InChI=1S/C14H12BrN3/c1-10(12-7-5-11(9-16)6-8-12)17-14-4-2-3-13(15)18-14/h2-8,10H,1H3,(H,17,18). The van der Waals surface area contributed by atoms with E-state index >= 15 is 0 Å². The quantitative estimate of drug-likeness (QED) is 0.875. The number of nitriles is 1. The minimum atomic E-state index is 0.138. The lowest BCUT2D eigenvalue weighted by Gasteiger charge is -2.15. The van der Waals surface area contributed by atoms with Crippen molar-refractivity contribution >= 4 is 21.7 Å². The smallest absolute Gasteiger partial charge is 0.127 e. The summed E-state index contributed by atoms with van der Waals surface area (Å²) in [6.45, 7) is 2.06. The van der Waals surface area contributed by atoms with Gasteiger partial charge in [-0.3, -0.25) is 0 Å². The maximum Gasteiger partial charge on any atom is 0.127 e. The average Bonchev–Trinajstić information content (AvgIpc) is 2.39. The highest BCUT2D eigenvalue weighted by Crippen LogP contribution is 2.19. The van der Waals surface area contributed by atoms with E-state index in [1.54, 1.807) is 0 Å². The fourth-order valence-corrected chi connectivity index (χ4v) is 1.98. The highest BCUT2D eigenvalue weighted by Gasteiger charge is 2.06. The van der Waals surface area contributed by atoms with Crippen LogP contribution in [0.2, 0.25) is 0 Å². The van der Waals surface area contributed by atoms with E-state index in [0.717, 1.165) is 16.0 Å². The molecule has 2 aromatic rings. The van der Waals surface area contributed by atoms with Crippen LogP contribution in [-0.2, 0) is 0 Å². The Morgan fingerprint density at radius 2 is 1.94 bits per heavy atom. The second kappa shape index (κ2) is 5.65. The number of halogens is 1. The van der Waals surface area contributed by atoms with Crippen molar-refractivity contribution in [3.05, 3.63) is 58.2 Å². The van der Waals surface area contributed by atoms with Crippen LogP contribution in [0.3, 0.4) is 0 Å². The number of nitrogens with one attached hydrogen (secondary N) is 1. The van der Waals surface area contributed by atoms with Crippen LogP contribution in [0.15, 0.2) is 47.1 Å². The number of benzene rings is 1. The van der Waals surface area contributed by atoms with Crippen molar-refractivity contribution in [1.29, 1.82) is 5.26 Å². The van der Waals surface area contributed by atoms with Gasteiger partial charge in [0, 0.05) is 6.04 Å². The molecule has 2 rings (SSSR count). The van der Waals surface area contributed by atoms with Gasteiger partial charge in [-0.25, -0.2) is 4.98 Å². The van der Waals surface area contributed by atoms with Crippen molar-refractivity contribution in [2.45, 2.75) is 13.0 Å². The molecule has 1 aromatic carbocycles. The Bertz CT molecular complexity index is 572. The number of hydrogen-bond acceptors (Lipinski definition) is 3. The Kier molecular flexibility index (Phi) is 3.96. The van der Waals surface area contributed by atoms with Crippen molar-refractivity contribution in [2.75, 3.05) is 5.32 Å². The first-order valence-electron chi connectivity index (χ1n) is 5.58. The Balaban J connectivity index is 2.12. The summed E-state index contributed by atoms with van der Waals surface area (Å²) in [4.78, 5) is 4.33. The van der Waals surface area contributed by atoms with E-state index in [1.807, 2.05) is 42.5 Å². The Morgan fingerprint density at radius 3 is 2.56 bits per heavy atom. The first kappa shape index (κ1) is 12.6. The van der Waals surface area contributed by atoms with Crippen molar-refractivity contribution < 1.29 is 0 Å². The first-order valence-corrected chi connectivity index (χ1v) is 6.37. The third kappa shape index (κ3) is 3.08. The van der Waals surface area contributed by atoms with Crippen LogP contribution in [0.4, 0.5) is 5.82 Å². The molecular formula is C14H12BrN3. The molecule has 1 atom stereocenters. The van der Waals surface area contributed by atoms with Crippen LogP contribution in [0.5, 0.6) is 0 Å². The van der Waals surface area contributed by atoms with Gasteiger partial charge in [0.2, 0.25) is 0 Å². The van der Waals surface area contributed by atoms with E-state index in [-0.39, 0.29) is 6.04 Å². The zero-order valence-electron chi connectivity index (χ0n) is 9.89. The van der Waals surface area contributed by atoms with Crippen LogP contribution in [0, 0.1) is 11.3 Å². The van der Waals surface area contributed by atoms with Gasteiger partial charge in [0.1, 0.15) is 10.4 Å². The number of anilines is 1. The van der Waals surface area contributed by atoms with Crippen LogP contribution in [0.1, 0.15) is 24.1 Å². The van der Waals surface area contributed by atoms with Crippen LogP contribution in [0.25, 0.3) is 0 Å². The zero-order chi connectivity index (χ0) is 13.0. The fraction of sp³-hybridized carbons (Fsp3) is 0.143. The number of aromatic nitrogens is 1. The van der Waals surface area contributed by atoms with Gasteiger partial charge in [0.25, 0.3) is 0 Å². The largest absolute Gasteiger partial charge is 0.364 e. The number of pyridine rings is 1. The van der Waals surface area contributed by atoms with Crippen molar-refractivity contribution in [2.24, 2.45) is 0 Å². The molecule has 0 aliphatic heterocycles. The predicted octanol–water partition coefficient (Wildman–Crippen LogP) is 3.89. The molecule has 0 spiro atoms. The summed E-state index contributed by atoms with van der Waals surface area (Å²) >= 11 is 3.34. The third-order valence-electron chi connectivity index (χ3n) is 2.62. The maximum atomic E-state index is 8.75. The summed E-state index contributed by atoms with van der Waals surface area (Å²) in [6.07, 6.45) is 0. The topological polar surface area (TPSA) is 48.7 Å². The molecule has 1 N–H and O–H groups in total. The molecule has 0 saturated heterocycles. The Morgan fingerprint density at radius 1 is 1.22 bits per heavy atom. The molecule has 90 valence electrons. The molecule has 3 nitrogen and oxygen atoms in total. The van der Waals surface area contributed by atoms with Gasteiger partial charge in [-0.2, -0.15) is 5.26 Å². The molecule has 18 heavy (non-hydrogen) atoms. The van der Waals surface area contributed by atoms with Crippen molar-refractivity contribution in [1.82, 2.24) is 4.98 Å². The second-order valence-corrected chi connectivity index (χ2v) is 4.76. The molecule has 0 radical (unpaired) electrons. The lowest BCUT2D eigenvalue weighted by molar-refractivity contribution is 0.873. The lowest BCUT2D eigenvalue weighted by Crippen LogP contribution is -2.07. The van der Waals surface area contributed by atoms with Crippen molar-refractivity contribution in [3.8, 4) is 6.07 Å². The van der Waals surface area contributed by atoms with E-state index in [9.17, 15) is 0 Å². The Hall–Kier alpha value is -1.86. The van der Waals surface area contributed by atoms with E-state index in [4.69, 9.17) is 5.26 Å². The van der Waals surface area contributed by atoms with E-state index in [1.165, 1.54) is 0 Å². The van der Waals surface area contributed by atoms with Gasteiger partial charge in [-0.05, 0) is 52.7 Å². The minimum absolute atomic E-state index is 0.138. The summed E-state index contributed by atoms with van der Waals surface area (Å²) < 4.78 is 0.805. The number of rotatable bonds is 3. The molecule has 0 saturated carbocycles. The SMILES string of the molecule is CC(Nc1cccc(Br)n1)c1ccc(C#N)cc1. The molecule has 1 aromatic heterocycles. The van der Waals surface area contributed by atoms with Gasteiger partial charge in [-0.15, -0.1) is 0 Å². The minimum Gasteiger partial charge on any atom is -0.364 e. The highest BCUT2D eigenvalue weighted by atomic mass is 79.9. The number of hydrogen-bond donors (Lipinski definition) is 1.